The van der Waals surface area contributed by atoms with E-state index in [0.29, 0.717) is 17.7 Å². The molecule has 0 unspecified atom stereocenters. The summed E-state index contributed by atoms with van der Waals surface area (Å²) in [6, 6.07) is 12.8. The highest BCUT2D eigenvalue weighted by Crippen LogP contribution is 2.19. The van der Waals surface area contributed by atoms with Crippen LogP contribution >= 0.6 is 0 Å². The monoisotopic (exact) mass is 341 g/mol. The van der Waals surface area contributed by atoms with Crippen molar-refractivity contribution in [3.63, 3.8) is 0 Å². The lowest BCUT2D eigenvalue weighted by molar-refractivity contribution is -0.385. The number of anilines is 1. The van der Waals surface area contributed by atoms with Crippen LogP contribution in [0.2, 0.25) is 0 Å². The molecule has 0 heterocycles. The highest BCUT2D eigenvalue weighted by molar-refractivity contribution is 5.94. The summed E-state index contributed by atoms with van der Waals surface area (Å²) >= 11 is 0. The fourth-order valence-electron chi connectivity index (χ4n) is 2.50. The second kappa shape index (κ2) is 8.28. The van der Waals surface area contributed by atoms with Crippen molar-refractivity contribution in [1.29, 1.82) is 0 Å². The first-order valence-electron chi connectivity index (χ1n) is 8.18. The van der Waals surface area contributed by atoms with E-state index in [9.17, 15) is 14.9 Å². The van der Waals surface area contributed by atoms with Gasteiger partial charge in [0.25, 0.3) is 11.6 Å². The number of rotatable bonds is 7. The first-order chi connectivity index (χ1) is 11.9. The Kier molecular flexibility index (Phi) is 6.11. The van der Waals surface area contributed by atoms with Crippen molar-refractivity contribution < 1.29 is 9.72 Å². The number of hydrogen-bond donors (Lipinski definition) is 1. The standard InChI is InChI=1S/C19H23N3O3/c1-14-6-9-16(13-18(14)22(24)25)19(23)20-12-4-5-15-7-10-17(11-8-15)21(2)3/h6-11,13H,4-5,12H2,1-3H3,(H,20,23). The molecule has 25 heavy (non-hydrogen) atoms. The molecule has 6 nitrogen and oxygen atoms in total. The van der Waals surface area contributed by atoms with Crippen LogP contribution in [0.3, 0.4) is 0 Å². The van der Waals surface area contributed by atoms with E-state index in [1.807, 2.05) is 19.0 Å². The molecule has 2 aromatic carbocycles. The van der Waals surface area contributed by atoms with Crippen molar-refractivity contribution in [2.45, 2.75) is 19.8 Å². The lowest BCUT2D eigenvalue weighted by Crippen LogP contribution is -2.24. The van der Waals surface area contributed by atoms with Gasteiger partial charge in [-0.1, -0.05) is 18.2 Å². The molecule has 0 bridgehead atoms. The number of carbonyl (C=O) groups excluding carboxylic acids is 1. The van der Waals surface area contributed by atoms with E-state index in [1.165, 1.54) is 11.6 Å². The average molecular weight is 341 g/mol. The SMILES string of the molecule is Cc1ccc(C(=O)NCCCc2ccc(N(C)C)cc2)cc1[N+](=O)[O-]. The molecule has 0 spiro atoms. The van der Waals surface area contributed by atoms with E-state index < -0.39 is 4.92 Å². The molecule has 6 heteroatoms. The third-order valence-electron chi connectivity index (χ3n) is 4.05. The zero-order valence-corrected chi connectivity index (χ0v) is 14.8. The number of aryl methyl sites for hydroxylation is 2. The number of hydrogen-bond acceptors (Lipinski definition) is 4. The van der Waals surface area contributed by atoms with Crippen LogP contribution in [0.15, 0.2) is 42.5 Å². The Hall–Kier alpha value is -2.89. The Morgan fingerprint density at radius 2 is 1.84 bits per heavy atom. The third-order valence-corrected chi connectivity index (χ3v) is 4.05. The maximum atomic E-state index is 12.1. The summed E-state index contributed by atoms with van der Waals surface area (Å²) in [5, 5.41) is 13.8. The summed E-state index contributed by atoms with van der Waals surface area (Å²) in [7, 11) is 4.00. The Balaban J connectivity index is 1.84. The van der Waals surface area contributed by atoms with Gasteiger partial charge in [0.05, 0.1) is 4.92 Å². The van der Waals surface area contributed by atoms with Crippen LogP contribution in [0.25, 0.3) is 0 Å². The summed E-state index contributed by atoms with van der Waals surface area (Å²) in [6.45, 7) is 2.18. The minimum Gasteiger partial charge on any atom is -0.378 e. The smallest absolute Gasteiger partial charge is 0.273 e. The quantitative estimate of drug-likeness (QED) is 0.476. The number of carbonyl (C=O) groups is 1. The van der Waals surface area contributed by atoms with E-state index in [1.54, 1.807) is 19.1 Å². The third kappa shape index (κ3) is 5.04. The second-order valence-electron chi connectivity index (χ2n) is 6.18. The predicted octanol–water partition coefficient (Wildman–Crippen LogP) is 3.33. The van der Waals surface area contributed by atoms with Crippen LogP contribution < -0.4 is 10.2 Å². The zero-order chi connectivity index (χ0) is 18.4. The summed E-state index contributed by atoms with van der Waals surface area (Å²) in [5.74, 6) is -0.286. The zero-order valence-electron chi connectivity index (χ0n) is 14.8. The average Bonchev–Trinajstić information content (AvgIpc) is 2.59. The molecule has 2 aromatic rings. The molecule has 0 fully saturated rings. The van der Waals surface area contributed by atoms with Crippen molar-refractivity contribution in [3.8, 4) is 0 Å². The maximum absolute atomic E-state index is 12.1. The van der Waals surface area contributed by atoms with Gasteiger partial charge in [-0.15, -0.1) is 0 Å². The Morgan fingerprint density at radius 3 is 2.44 bits per heavy atom. The topological polar surface area (TPSA) is 75.5 Å². The number of nitro groups is 1. The molecule has 0 aliphatic heterocycles. The predicted molar refractivity (Wildman–Crippen MR) is 99.3 cm³/mol. The van der Waals surface area contributed by atoms with Gasteiger partial charge in [0, 0.05) is 43.5 Å². The fourth-order valence-corrected chi connectivity index (χ4v) is 2.50. The van der Waals surface area contributed by atoms with Crippen molar-refractivity contribution in [3.05, 3.63) is 69.3 Å². The molecule has 0 aliphatic carbocycles. The normalized spacial score (nSPS) is 10.4. The van der Waals surface area contributed by atoms with Gasteiger partial charge in [0.15, 0.2) is 0 Å². The molecule has 0 radical (unpaired) electrons. The fraction of sp³-hybridized carbons (Fsp3) is 0.316. The largest absolute Gasteiger partial charge is 0.378 e. The van der Waals surface area contributed by atoms with Gasteiger partial charge < -0.3 is 10.2 Å². The second-order valence-corrected chi connectivity index (χ2v) is 6.18. The molecule has 0 aromatic heterocycles. The highest BCUT2D eigenvalue weighted by atomic mass is 16.6. The van der Waals surface area contributed by atoms with E-state index in [0.717, 1.165) is 18.5 Å². The molecule has 0 saturated carbocycles. The molecule has 0 atom stereocenters. The summed E-state index contributed by atoms with van der Waals surface area (Å²) in [4.78, 5) is 24.7. The van der Waals surface area contributed by atoms with Crippen LogP contribution in [0.1, 0.15) is 27.9 Å². The van der Waals surface area contributed by atoms with Crippen molar-refractivity contribution >= 4 is 17.3 Å². The van der Waals surface area contributed by atoms with Gasteiger partial charge in [-0.05, 0) is 43.5 Å². The molecule has 2 rings (SSSR count). The maximum Gasteiger partial charge on any atom is 0.273 e. The van der Waals surface area contributed by atoms with E-state index in [2.05, 4.69) is 29.6 Å². The molecular weight excluding hydrogens is 318 g/mol. The molecule has 1 amide bonds. The van der Waals surface area contributed by atoms with Gasteiger partial charge in [-0.2, -0.15) is 0 Å². The summed E-state index contributed by atoms with van der Waals surface area (Å²) in [6.07, 6.45) is 1.67. The number of nitrogens with zero attached hydrogens (tertiary/aromatic N) is 2. The number of amides is 1. The van der Waals surface area contributed by atoms with Crippen LogP contribution in [-0.4, -0.2) is 31.5 Å². The summed E-state index contributed by atoms with van der Waals surface area (Å²) in [5.41, 5.74) is 3.19. The first-order valence-corrected chi connectivity index (χ1v) is 8.18. The van der Waals surface area contributed by atoms with Gasteiger partial charge in [0.2, 0.25) is 0 Å². The van der Waals surface area contributed by atoms with Crippen LogP contribution in [0, 0.1) is 17.0 Å². The minimum absolute atomic E-state index is 0.0337. The Bertz CT molecular complexity index is 755. The molecule has 0 aliphatic rings. The Morgan fingerprint density at radius 1 is 1.16 bits per heavy atom. The number of nitrogens with one attached hydrogen (secondary N) is 1. The van der Waals surface area contributed by atoms with Crippen molar-refractivity contribution in [2.75, 3.05) is 25.5 Å². The van der Waals surface area contributed by atoms with Crippen molar-refractivity contribution in [2.24, 2.45) is 0 Å². The lowest BCUT2D eigenvalue weighted by Gasteiger charge is -2.12. The van der Waals surface area contributed by atoms with Crippen LogP contribution in [-0.2, 0) is 6.42 Å². The van der Waals surface area contributed by atoms with E-state index in [4.69, 9.17) is 0 Å². The highest BCUT2D eigenvalue weighted by Gasteiger charge is 2.14. The number of benzene rings is 2. The van der Waals surface area contributed by atoms with Crippen LogP contribution in [0.5, 0.6) is 0 Å². The van der Waals surface area contributed by atoms with Gasteiger partial charge in [-0.25, -0.2) is 0 Å². The molecule has 0 saturated heterocycles. The summed E-state index contributed by atoms with van der Waals surface area (Å²) < 4.78 is 0. The first kappa shape index (κ1) is 18.4. The minimum atomic E-state index is -0.469. The van der Waals surface area contributed by atoms with E-state index >= 15 is 0 Å². The molecule has 1 N–H and O–H groups in total. The van der Waals surface area contributed by atoms with E-state index in [-0.39, 0.29) is 11.6 Å². The molecular formula is C19H23N3O3. The van der Waals surface area contributed by atoms with Crippen molar-refractivity contribution in [1.82, 2.24) is 5.32 Å². The van der Waals surface area contributed by atoms with Gasteiger partial charge in [-0.3, -0.25) is 14.9 Å². The van der Waals surface area contributed by atoms with Gasteiger partial charge >= 0.3 is 0 Å². The lowest BCUT2D eigenvalue weighted by atomic mass is 10.1. The van der Waals surface area contributed by atoms with Gasteiger partial charge in [0.1, 0.15) is 0 Å². The Labute approximate surface area is 147 Å². The molecule has 132 valence electrons. The number of nitro benzene ring substituents is 1. The van der Waals surface area contributed by atoms with Crippen LogP contribution in [0.4, 0.5) is 11.4 Å².